The van der Waals surface area contributed by atoms with Crippen molar-refractivity contribution in [3.8, 4) is 0 Å². The van der Waals surface area contributed by atoms with Crippen LogP contribution in [0.3, 0.4) is 0 Å². The smallest absolute Gasteiger partial charge is 0.329 e. The van der Waals surface area contributed by atoms with Gasteiger partial charge in [-0.2, -0.15) is 0 Å². The Hall–Kier alpha value is -1.46. The molecular weight excluding hydrogens is 303 g/mol. The highest BCUT2D eigenvalue weighted by atomic mass is 35.5. The second-order valence-electron chi connectivity index (χ2n) is 4.33. The van der Waals surface area contributed by atoms with Crippen LogP contribution in [0.15, 0.2) is 18.2 Å². The summed E-state index contributed by atoms with van der Waals surface area (Å²) in [5, 5.41) is 15.0. The maximum Gasteiger partial charge on any atom is 0.329 e. The van der Waals surface area contributed by atoms with Gasteiger partial charge in [-0.1, -0.05) is 37.0 Å². The van der Waals surface area contributed by atoms with Gasteiger partial charge < -0.3 is 15.7 Å². The van der Waals surface area contributed by atoms with Crippen molar-refractivity contribution in [1.82, 2.24) is 5.32 Å². The van der Waals surface area contributed by atoms with E-state index in [0.29, 0.717) is 15.7 Å². The maximum atomic E-state index is 11.9. The quantitative estimate of drug-likeness (QED) is 0.773. The minimum absolute atomic E-state index is 0.280. The van der Waals surface area contributed by atoms with E-state index in [4.69, 9.17) is 23.2 Å². The summed E-state index contributed by atoms with van der Waals surface area (Å²) in [6, 6.07) is 3.96. The van der Waals surface area contributed by atoms with Gasteiger partial charge in [-0.05, 0) is 31.0 Å². The van der Waals surface area contributed by atoms with Gasteiger partial charge in [-0.3, -0.25) is 0 Å². The van der Waals surface area contributed by atoms with Crippen LogP contribution < -0.4 is 10.6 Å². The monoisotopic (exact) mass is 318 g/mol. The molecule has 0 aliphatic heterocycles. The molecule has 0 fully saturated rings. The normalized spacial score (nSPS) is 11.0. The molecule has 0 saturated heterocycles. The Kier molecular flexibility index (Phi) is 5.65. The van der Waals surface area contributed by atoms with Crippen molar-refractivity contribution in [3.63, 3.8) is 0 Å². The number of anilines is 1. The van der Waals surface area contributed by atoms with Crippen LogP contribution in [0.5, 0.6) is 0 Å². The van der Waals surface area contributed by atoms with E-state index in [0.717, 1.165) is 0 Å². The number of carbonyl (C=O) groups is 2. The number of hydrogen-bond acceptors (Lipinski definition) is 2. The summed E-state index contributed by atoms with van der Waals surface area (Å²) in [5.41, 5.74) is -0.890. The molecule has 110 valence electrons. The fourth-order valence-corrected chi connectivity index (χ4v) is 2.31. The van der Waals surface area contributed by atoms with Crippen LogP contribution in [0, 0.1) is 0 Å². The van der Waals surface area contributed by atoms with Crippen LogP contribution in [0.2, 0.25) is 10.0 Å². The summed E-state index contributed by atoms with van der Waals surface area (Å²) in [5.74, 6) is -1.07. The van der Waals surface area contributed by atoms with Gasteiger partial charge in [0.25, 0.3) is 0 Å². The molecule has 1 rings (SSSR count). The van der Waals surface area contributed by atoms with E-state index >= 15 is 0 Å². The first-order valence-corrected chi connectivity index (χ1v) is 6.87. The molecule has 7 heteroatoms. The molecule has 1 aromatic rings. The first-order valence-electron chi connectivity index (χ1n) is 6.11. The number of amides is 2. The van der Waals surface area contributed by atoms with Crippen molar-refractivity contribution in [2.24, 2.45) is 0 Å². The average Bonchev–Trinajstić information content (AvgIpc) is 2.34. The van der Waals surface area contributed by atoms with Crippen LogP contribution >= 0.6 is 23.2 Å². The molecule has 3 N–H and O–H groups in total. The van der Waals surface area contributed by atoms with Crippen molar-refractivity contribution < 1.29 is 14.7 Å². The molecule has 20 heavy (non-hydrogen) atoms. The van der Waals surface area contributed by atoms with Crippen LogP contribution in [0.25, 0.3) is 0 Å². The van der Waals surface area contributed by atoms with Crippen LogP contribution in [-0.4, -0.2) is 22.6 Å². The second-order valence-corrected chi connectivity index (χ2v) is 5.20. The lowest BCUT2D eigenvalue weighted by atomic mass is 9.93. The van der Waals surface area contributed by atoms with Crippen molar-refractivity contribution in [2.45, 2.75) is 32.2 Å². The number of nitrogens with one attached hydrogen (secondary N) is 2. The third kappa shape index (κ3) is 4.02. The molecule has 1 aromatic carbocycles. The van der Waals surface area contributed by atoms with Crippen LogP contribution in [-0.2, 0) is 4.79 Å². The van der Waals surface area contributed by atoms with E-state index in [1.54, 1.807) is 13.8 Å². The first kappa shape index (κ1) is 16.6. The van der Waals surface area contributed by atoms with Crippen molar-refractivity contribution in [3.05, 3.63) is 28.2 Å². The summed E-state index contributed by atoms with van der Waals surface area (Å²) < 4.78 is 0. The standard InChI is InChI=1S/C13H16Cl2N2O3/c1-3-13(4-2,11(18)19)17-12(20)16-10-6-8(14)5-9(15)7-10/h5-7H,3-4H2,1-2H3,(H,18,19)(H2,16,17,20). The molecule has 0 heterocycles. The molecule has 0 atom stereocenters. The number of hydrogen-bond donors (Lipinski definition) is 3. The SMILES string of the molecule is CCC(CC)(NC(=O)Nc1cc(Cl)cc(Cl)c1)C(=O)O. The summed E-state index contributed by atoms with van der Waals surface area (Å²) in [6.07, 6.45) is 0.561. The number of halogens is 2. The van der Waals surface area contributed by atoms with E-state index in [1.165, 1.54) is 18.2 Å². The third-order valence-corrected chi connectivity index (χ3v) is 3.53. The van der Waals surface area contributed by atoms with Crippen LogP contribution in [0.1, 0.15) is 26.7 Å². The zero-order valence-corrected chi connectivity index (χ0v) is 12.7. The lowest BCUT2D eigenvalue weighted by molar-refractivity contribution is -0.144. The highest BCUT2D eigenvalue weighted by Crippen LogP contribution is 2.23. The summed E-state index contributed by atoms with van der Waals surface area (Å²) in [6.45, 7) is 3.41. The minimum atomic E-state index is -1.29. The maximum absolute atomic E-state index is 11.9. The topological polar surface area (TPSA) is 78.4 Å². The summed E-state index contributed by atoms with van der Waals surface area (Å²) in [7, 11) is 0. The Balaban J connectivity index is 2.83. The molecule has 5 nitrogen and oxygen atoms in total. The van der Waals surface area contributed by atoms with Crippen molar-refractivity contribution in [1.29, 1.82) is 0 Å². The van der Waals surface area contributed by atoms with Gasteiger partial charge in [-0.15, -0.1) is 0 Å². The molecule has 0 radical (unpaired) electrons. The average molecular weight is 319 g/mol. The Morgan fingerprint density at radius 3 is 2.05 bits per heavy atom. The molecule has 0 aliphatic rings. The van der Waals surface area contributed by atoms with Gasteiger partial charge in [0.2, 0.25) is 0 Å². The second kappa shape index (κ2) is 6.81. The van der Waals surface area contributed by atoms with Crippen LogP contribution in [0.4, 0.5) is 10.5 Å². The minimum Gasteiger partial charge on any atom is -0.480 e. The zero-order valence-electron chi connectivity index (χ0n) is 11.2. The van der Waals surface area contributed by atoms with Gasteiger partial charge in [0.15, 0.2) is 0 Å². The van der Waals surface area contributed by atoms with Gasteiger partial charge >= 0.3 is 12.0 Å². The molecular formula is C13H16Cl2N2O3. The molecule has 0 aromatic heterocycles. The van der Waals surface area contributed by atoms with Gasteiger partial charge in [0.1, 0.15) is 5.54 Å². The summed E-state index contributed by atoms with van der Waals surface area (Å²) in [4.78, 5) is 23.2. The first-order chi connectivity index (χ1) is 9.32. The summed E-state index contributed by atoms with van der Waals surface area (Å²) >= 11 is 11.6. The highest BCUT2D eigenvalue weighted by Gasteiger charge is 2.36. The van der Waals surface area contributed by atoms with Crippen molar-refractivity contribution in [2.75, 3.05) is 5.32 Å². The molecule has 0 unspecified atom stereocenters. The Morgan fingerprint density at radius 1 is 1.15 bits per heavy atom. The zero-order chi connectivity index (χ0) is 15.3. The lowest BCUT2D eigenvalue weighted by Crippen LogP contribution is -2.54. The van der Waals surface area contributed by atoms with Crippen molar-refractivity contribution >= 4 is 40.9 Å². The molecule has 2 amide bonds. The molecule has 0 aliphatic carbocycles. The number of carbonyl (C=O) groups excluding carboxylic acids is 1. The molecule has 0 saturated carbocycles. The molecule has 0 bridgehead atoms. The predicted octanol–water partition coefficient (Wildman–Crippen LogP) is 3.76. The lowest BCUT2D eigenvalue weighted by Gasteiger charge is -2.28. The van der Waals surface area contributed by atoms with E-state index in [1.807, 2.05) is 0 Å². The Labute approximate surface area is 127 Å². The Morgan fingerprint density at radius 2 is 1.65 bits per heavy atom. The number of benzene rings is 1. The Bertz CT molecular complexity index is 496. The van der Waals surface area contributed by atoms with Gasteiger partial charge in [0.05, 0.1) is 0 Å². The van der Waals surface area contributed by atoms with Gasteiger partial charge in [0, 0.05) is 15.7 Å². The number of carboxylic acids is 1. The number of aliphatic carboxylic acids is 1. The predicted molar refractivity (Wildman–Crippen MR) is 79.6 cm³/mol. The highest BCUT2D eigenvalue weighted by molar-refractivity contribution is 6.35. The largest absolute Gasteiger partial charge is 0.480 e. The van der Waals surface area contributed by atoms with E-state index in [2.05, 4.69) is 10.6 Å². The molecule has 0 spiro atoms. The number of carboxylic acid groups (broad SMARTS) is 1. The fraction of sp³-hybridized carbons (Fsp3) is 0.385. The third-order valence-electron chi connectivity index (χ3n) is 3.09. The number of rotatable bonds is 5. The van der Waals surface area contributed by atoms with E-state index in [-0.39, 0.29) is 12.8 Å². The number of urea groups is 1. The van der Waals surface area contributed by atoms with E-state index < -0.39 is 17.5 Å². The van der Waals surface area contributed by atoms with E-state index in [9.17, 15) is 14.7 Å². The van der Waals surface area contributed by atoms with Gasteiger partial charge in [-0.25, -0.2) is 9.59 Å². The fourth-order valence-electron chi connectivity index (χ4n) is 1.79.